The molecule has 3 heteroatoms. The molecule has 0 atom stereocenters. The van der Waals surface area contributed by atoms with Crippen LogP contribution in [0.25, 0.3) is 11.2 Å². The van der Waals surface area contributed by atoms with Crippen LogP contribution in [-0.2, 0) is 0 Å². The minimum absolute atomic E-state index is 0.878. The zero-order chi connectivity index (χ0) is 12.3. The van der Waals surface area contributed by atoms with Crippen LogP contribution in [0.3, 0.4) is 0 Å². The molecule has 0 aliphatic heterocycles. The summed E-state index contributed by atoms with van der Waals surface area (Å²) in [7, 11) is 4.29. The van der Waals surface area contributed by atoms with Gasteiger partial charge >= 0.3 is 0 Å². The van der Waals surface area contributed by atoms with Crippen LogP contribution in [-0.4, -0.2) is 25.5 Å². The second-order valence-electron chi connectivity index (χ2n) is 5.12. The number of benzene rings is 1. The number of fused-ring (bicyclic) bond motifs is 2. The summed E-state index contributed by atoms with van der Waals surface area (Å²) < 4.78 is 5.14. The van der Waals surface area contributed by atoms with Gasteiger partial charge in [0.05, 0.1) is 4.90 Å². The third-order valence-electron chi connectivity index (χ3n) is 3.07. The van der Waals surface area contributed by atoms with Gasteiger partial charge in [0.25, 0.3) is 0 Å². The molecule has 1 aliphatic carbocycles. The van der Waals surface area contributed by atoms with Gasteiger partial charge in [-0.15, -0.1) is 12.6 Å². The highest BCUT2D eigenvalue weighted by Gasteiger charge is 2.19. The van der Waals surface area contributed by atoms with E-state index >= 15 is 0 Å². The summed E-state index contributed by atoms with van der Waals surface area (Å²) in [6.45, 7) is 1.27. The van der Waals surface area contributed by atoms with Crippen LogP contribution in [0, 0.1) is 5.92 Å². The number of hydrogen-bond acceptors (Lipinski definition) is 3. The Morgan fingerprint density at radius 3 is 2.47 bits per heavy atom. The fraction of sp³-hybridized carbons (Fsp3) is 0.571. The molecule has 0 amide bonds. The molecule has 0 saturated heterocycles. The summed E-state index contributed by atoms with van der Waals surface area (Å²) in [5.74, 6) is 1.12. The fourth-order valence-electron chi connectivity index (χ4n) is 1.88. The van der Waals surface area contributed by atoms with Crippen LogP contribution in [0.15, 0.2) is 27.5 Å². The number of thiol groups is 1. The van der Waals surface area contributed by atoms with Gasteiger partial charge in [0.15, 0.2) is 0 Å². The van der Waals surface area contributed by atoms with Gasteiger partial charge < -0.3 is 9.32 Å². The number of furan rings is 2. The molecular weight excluding hydrogens is 230 g/mol. The van der Waals surface area contributed by atoms with Crippen molar-refractivity contribution in [3.63, 3.8) is 0 Å². The molecule has 0 aromatic carbocycles. The lowest BCUT2D eigenvalue weighted by molar-refractivity contribution is 0.389. The Labute approximate surface area is 109 Å². The SMILES string of the molecule is CN(C)CCCC1CC1.Sc1cc2ccc1o2. The van der Waals surface area contributed by atoms with Gasteiger partial charge in [0.2, 0.25) is 0 Å². The number of rotatable bonds is 4. The maximum absolute atomic E-state index is 5.14. The average molecular weight is 251 g/mol. The third-order valence-corrected chi connectivity index (χ3v) is 3.42. The molecule has 3 rings (SSSR count). The molecule has 1 fully saturated rings. The molecule has 2 nitrogen and oxygen atoms in total. The first kappa shape index (κ1) is 12.8. The van der Waals surface area contributed by atoms with E-state index in [0.717, 1.165) is 22.0 Å². The summed E-state index contributed by atoms with van der Waals surface area (Å²) in [5, 5.41) is 0. The van der Waals surface area contributed by atoms with Crippen molar-refractivity contribution >= 4 is 23.8 Å². The van der Waals surface area contributed by atoms with E-state index in [1.54, 1.807) is 0 Å². The Balaban J connectivity index is 0.000000127. The van der Waals surface area contributed by atoms with Crippen molar-refractivity contribution in [3.8, 4) is 0 Å². The van der Waals surface area contributed by atoms with Gasteiger partial charge in [0.1, 0.15) is 11.2 Å². The molecule has 2 heterocycles. The van der Waals surface area contributed by atoms with Crippen molar-refractivity contribution in [3.05, 3.63) is 18.2 Å². The molecule has 0 radical (unpaired) electrons. The van der Waals surface area contributed by atoms with Crippen molar-refractivity contribution in [2.45, 2.75) is 30.6 Å². The van der Waals surface area contributed by atoms with E-state index in [0.29, 0.717) is 0 Å². The highest BCUT2D eigenvalue weighted by atomic mass is 32.1. The van der Waals surface area contributed by atoms with Gasteiger partial charge in [-0.05, 0) is 57.6 Å². The van der Waals surface area contributed by atoms with Gasteiger partial charge in [-0.3, -0.25) is 0 Å². The molecule has 17 heavy (non-hydrogen) atoms. The zero-order valence-corrected chi connectivity index (χ0v) is 11.5. The monoisotopic (exact) mass is 251 g/mol. The zero-order valence-electron chi connectivity index (χ0n) is 10.6. The van der Waals surface area contributed by atoms with Crippen LogP contribution in [0.1, 0.15) is 25.7 Å². The van der Waals surface area contributed by atoms with E-state index in [9.17, 15) is 0 Å². The van der Waals surface area contributed by atoms with Crippen molar-refractivity contribution in [2.24, 2.45) is 5.92 Å². The fourth-order valence-corrected chi connectivity index (χ4v) is 2.12. The molecule has 1 aliphatic rings. The van der Waals surface area contributed by atoms with Crippen molar-refractivity contribution in [1.29, 1.82) is 0 Å². The van der Waals surface area contributed by atoms with Gasteiger partial charge in [-0.25, -0.2) is 0 Å². The molecule has 0 unspecified atom stereocenters. The van der Waals surface area contributed by atoms with Gasteiger partial charge in [-0.1, -0.05) is 12.8 Å². The predicted octanol–water partition coefficient (Wildman–Crippen LogP) is 3.90. The molecular formula is C14H21NOS. The van der Waals surface area contributed by atoms with Crippen LogP contribution < -0.4 is 0 Å². The summed E-state index contributed by atoms with van der Waals surface area (Å²) >= 11 is 4.12. The highest BCUT2D eigenvalue weighted by Crippen LogP contribution is 2.33. The predicted molar refractivity (Wildman–Crippen MR) is 75.2 cm³/mol. The Morgan fingerprint density at radius 1 is 1.35 bits per heavy atom. The standard InChI is InChI=1S/C8H17N.C6H4OS/c1-9(2)7-3-4-8-5-6-8;8-6-3-4-1-2-5(6)7-4/h8H,3-7H2,1-2H3;1-3,8H. The van der Waals surface area contributed by atoms with Crippen LogP contribution >= 0.6 is 12.6 Å². The second-order valence-corrected chi connectivity index (χ2v) is 5.60. The van der Waals surface area contributed by atoms with E-state index in [4.69, 9.17) is 4.42 Å². The first-order valence-electron chi connectivity index (χ1n) is 6.31. The van der Waals surface area contributed by atoms with Gasteiger partial charge in [0, 0.05) is 0 Å². The van der Waals surface area contributed by atoms with E-state index < -0.39 is 0 Å². The normalized spacial score (nSPS) is 15.3. The minimum Gasteiger partial charge on any atom is -0.456 e. The lowest BCUT2D eigenvalue weighted by atomic mass is 10.2. The number of hydrogen-bond donors (Lipinski definition) is 1. The van der Waals surface area contributed by atoms with E-state index in [-0.39, 0.29) is 0 Å². The Bertz CT molecular complexity index is 431. The molecule has 0 N–H and O–H groups in total. The molecule has 2 aromatic heterocycles. The average Bonchev–Trinajstić information content (AvgIpc) is 2.87. The summed E-state index contributed by atoms with van der Waals surface area (Å²) in [4.78, 5) is 3.20. The quantitative estimate of drug-likeness (QED) is 0.830. The van der Waals surface area contributed by atoms with E-state index in [2.05, 4.69) is 31.6 Å². The molecule has 2 bridgehead atoms. The van der Waals surface area contributed by atoms with Crippen molar-refractivity contribution in [2.75, 3.05) is 20.6 Å². The summed E-state index contributed by atoms with van der Waals surface area (Å²) in [6.07, 6.45) is 5.89. The lowest BCUT2D eigenvalue weighted by Gasteiger charge is -2.07. The molecule has 94 valence electrons. The topological polar surface area (TPSA) is 16.4 Å². The van der Waals surface area contributed by atoms with Crippen LogP contribution in [0.5, 0.6) is 0 Å². The third kappa shape index (κ3) is 4.25. The van der Waals surface area contributed by atoms with E-state index in [1.165, 1.54) is 32.2 Å². The lowest BCUT2D eigenvalue weighted by Crippen LogP contribution is -2.12. The summed E-state index contributed by atoms with van der Waals surface area (Å²) in [5.41, 5.74) is 1.79. The smallest absolute Gasteiger partial charge is 0.140 e. The first-order chi connectivity index (χ1) is 8.15. The highest BCUT2D eigenvalue weighted by molar-refractivity contribution is 7.80. The van der Waals surface area contributed by atoms with E-state index in [1.807, 2.05) is 18.2 Å². The Morgan fingerprint density at radius 2 is 2.12 bits per heavy atom. The molecule has 0 spiro atoms. The Hall–Kier alpha value is -0.670. The van der Waals surface area contributed by atoms with Crippen LogP contribution in [0.4, 0.5) is 0 Å². The largest absolute Gasteiger partial charge is 0.456 e. The van der Waals surface area contributed by atoms with Crippen LogP contribution in [0.2, 0.25) is 0 Å². The first-order valence-corrected chi connectivity index (χ1v) is 6.75. The molecule has 1 saturated carbocycles. The van der Waals surface area contributed by atoms with Crippen molar-refractivity contribution in [1.82, 2.24) is 4.90 Å². The number of nitrogens with zero attached hydrogens (tertiary/aromatic N) is 1. The second kappa shape index (κ2) is 5.78. The van der Waals surface area contributed by atoms with Crippen molar-refractivity contribution < 1.29 is 4.42 Å². The molecule has 2 aromatic rings. The maximum atomic E-state index is 5.14. The summed E-state index contributed by atoms with van der Waals surface area (Å²) in [6, 6.07) is 5.74. The minimum atomic E-state index is 0.878. The Kier molecular flexibility index (Phi) is 4.35. The van der Waals surface area contributed by atoms with Gasteiger partial charge in [-0.2, -0.15) is 0 Å². The maximum Gasteiger partial charge on any atom is 0.140 e.